The number of non-ortho nitro benzene ring substituents is 1. The summed E-state index contributed by atoms with van der Waals surface area (Å²) >= 11 is 0. The maximum absolute atomic E-state index is 10.5. The zero-order valence-electron chi connectivity index (χ0n) is 8.56. The van der Waals surface area contributed by atoms with Gasteiger partial charge in [-0.1, -0.05) is 17.9 Å². The third-order valence-electron chi connectivity index (χ3n) is 1.89. The molecule has 0 aliphatic carbocycles. The third kappa shape index (κ3) is 3.10. The summed E-state index contributed by atoms with van der Waals surface area (Å²) in [5.41, 5.74) is 1.21. The summed E-state index contributed by atoms with van der Waals surface area (Å²) in [4.78, 5) is 20.2. The summed E-state index contributed by atoms with van der Waals surface area (Å²) in [6, 6.07) is 4.31. The monoisotopic (exact) mass is 219 g/mol. The Kier molecular flexibility index (Phi) is 3.62. The van der Waals surface area contributed by atoms with Crippen LogP contribution in [0.4, 0.5) is 5.69 Å². The van der Waals surface area contributed by atoms with E-state index in [9.17, 15) is 14.9 Å². The Morgan fingerprint density at radius 1 is 1.56 bits per heavy atom. The van der Waals surface area contributed by atoms with Crippen LogP contribution in [0.2, 0.25) is 0 Å². The highest BCUT2D eigenvalue weighted by Gasteiger charge is 2.06. The summed E-state index contributed by atoms with van der Waals surface area (Å²) in [6.45, 7) is 1.76. The van der Waals surface area contributed by atoms with E-state index in [1.54, 1.807) is 13.0 Å². The second-order valence-electron chi connectivity index (χ2n) is 3.13. The number of benzene rings is 1. The molecule has 0 bridgehead atoms. The first kappa shape index (κ1) is 11.7. The molecule has 0 spiro atoms. The van der Waals surface area contributed by atoms with E-state index in [4.69, 9.17) is 5.11 Å². The van der Waals surface area contributed by atoms with Gasteiger partial charge in [0.05, 0.1) is 4.92 Å². The zero-order chi connectivity index (χ0) is 12.1. The molecule has 0 aliphatic rings. The number of carboxylic acid groups (broad SMARTS) is 1. The van der Waals surface area contributed by atoms with Crippen LogP contribution in [0.25, 0.3) is 0 Å². The number of nitro groups is 1. The van der Waals surface area contributed by atoms with Gasteiger partial charge in [0.15, 0.2) is 0 Å². The van der Waals surface area contributed by atoms with Crippen LogP contribution in [0.1, 0.15) is 17.5 Å². The first-order chi connectivity index (χ1) is 7.50. The van der Waals surface area contributed by atoms with E-state index in [-0.39, 0.29) is 12.1 Å². The summed E-state index contributed by atoms with van der Waals surface area (Å²) in [5.74, 6) is 4.02. The Balaban J connectivity index is 3.01. The number of carboxylic acids is 1. The molecule has 0 fully saturated rings. The molecule has 0 unspecified atom stereocenters. The van der Waals surface area contributed by atoms with E-state index >= 15 is 0 Å². The molecule has 0 heterocycles. The number of aryl methyl sites for hydroxylation is 1. The molecule has 0 radical (unpaired) electrons. The first-order valence-corrected chi connectivity index (χ1v) is 4.46. The number of hydrogen-bond donors (Lipinski definition) is 1. The zero-order valence-corrected chi connectivity index (χ0v) is 8.56. The van der Waals surface area contributed by atoms with Crippen LogP contribution in [0.15, 0.2) is 18.2 Å². The average molecular weight is 219 g/mol. The van der Waals surface area contributed by atoms with Crippen LogP contribution in [-0.2, 0) is 4.79 Å². The van der Waals surface area contributed by atoms with Gasteiger partial charge in [0.1, 0.15) is 6.42 Å². The highest BCUT2D eigenvalue weighted by atomic mass is 16.6. The molecule has 0 saturated carbocycles. The lowest BCUT2D eigenvalue weighted by Gasteiger charge is -1.97. The van der Waals surface area contributed by atoms with Gasteiger partial charge < -0.3 is 5.11 Å². The predicted octanol–water partition coefficient (Wildman–Crippen LogP) is 1.73. The van der Waals surface area contributed by atoms with E-state index in [0.29, 0.717) is 5.56 Å². The van der Waals surface area contributed by atoms with E-state index in [2.05, 4.69) is 11.8 Å². The van der Waals surface area contributed by atoms with E-state index < -0.39 is 10.9 Å². The first-order valence-electron chi connectivity index (χ1n) is 4.46. The molecule has 16 heavy (non-hydrogen) atoms. The molecule has 1 rings (SSSR count). The van der Waals surface area contributed by atoms with Crippen molar-refractivity contribution in [3.63, 3.8) is 0 Å². The Bertz CT molecular complexity index is 496. The van der Waals surface area contributed by atoms with Crippen molar-refractivity contribution in [1.29, 1.82) is 0 Å². The van der Waals surface area contributed by atoms with Crippen molar-refractivity contribution >= 4 is 11.7 Å². The maximum Gasteiger partial charge on any atom is 0.315 e. The van der Waals surface area contributed by atoms with Crippen LogP contribution in [0, 0.1) is 28.9 Å². The van der Waals surface area contributed by atoms with E-state index in [1.165, 1.54) is 12.1 Å². The number of carbonyl (C=O) groups is 1. The number of nitrogens with zero attached hydrogens (tertiary/aromatic N) is 1. The van der Waals surface area contributed by atoms with E-state index in [1.807, 2.05) is 0 Å². The van der Waals surface area contributed by atoms with Gasteiger partial charge in [-0.2, -0.15) is 0 Å². The molecule has 5 nitrogen and oxygen atoms in total. The van der Waals surface area contributed by atoms with Crippen molar-refractivity contribution in [2.45, 2.75) is 13.3 Å². The van der Waals surface area contributed by atoms with Crippen LogP contribution in [0.3, 0.4) is 0 Å². The molecule has 0 amide bonds. The molecule has 0 saturated heterocycles. The van der Waals surface area contributed by atoms with Crippen LogP contribution < -0.4 is 0 Å². The number of aliphatic carboxylic acids is 1. The number of nitro benzene ring substituents is 1. The summed E-state index contributed by atoms with van der Waals surface area (Å²) in [5, 5.41) is 18.9. The summed E-state index contributed by atoms with van der Waals surface area (Å²) in [6.07, 6.45) is -0.276. The average Bonchev–Trinajstić information content (AvgIpc) is 2.20. The van der Waals surface area contributed by atoms with Crippen LogP contribution in [0.5, 0.6) is 0 Å². The van der Waals surface area contributed by atoms with Gasteiger partial charge in [-0.25, -0.2) is 0 Å². The molecule has 5 heteroatoms. The molecular weight excluding hydrogens is 210 g/mol. The van der Waals surface area contributed by atoms with Gasteiger partial charge >= 0.3 is 5.97 Å². The fourth-order valence-electron chi connectivity index (χ4n) is 1.07. The van der Waals surface area contributed by atoms with Crippen molar-refractivity contribution in [3.8, 4) is 11.8 Å². The standard InChI is InChI=1S/C11H9NO4/c1-8-5-6-10(12(15)16)7-9(8)3-2-4-11(13)14/h5-7H,4H2,1H3,(H,13,14). The fourth-order valence-corrected chi connectivity index (χ4v) is 1.07. The molecule has 0 aliphatic heterocycles. The van der Waals surface area contributed by atoms with Crippen LogP contribution in [-0.4, -0.2) is 16.0 Å². The summed E-state index contributed by atoms with van der Waals surface area (Å²) < 4.78 is 0. The summed E-state index contributed by atoms with van der Waals surface area (Å²) in [7, 11) is 0. The fraction of sp³-hybridized carbons (Fsp3) is 0.182. The van der Waals surface area contributed by atoms with E-state index in [0.717, 1.165) is 5.56 Å². The highest BCUT2D eigenvalue weighted by Crippen LogP contribution is 2.16. The molecule has 0 aromatic heterocycles. The minimum absolute atomic E-state index is 0.0507. The SMILES string of the molecule is Cc1ccc([N+](=O)[O-])cc1C#CCC(=O)O. The quantitative estimate of drug-likeness (QED) is 0.466. The molecular formula is C11H9NO4. The lowest BCUT2D eigenvalue weighted by atomic mass is 10.1. The lowest BCUT2D eigenvalue weighted by molar-refractivity contribution is -0.384. The van der Waals surface area contributed by atoms with Crippen molar-refractivity contribution in [1.82, 2.24) is 0 Å². The largest absolute Gasteiger partial charge is 0.481 e. The second-order valence-corrected chi connectivity index (χ2v) is 3.13. The van der Waals surface area contributed by atoms with Crippen molar-refractivity contribution in [3.05, 3.63) is 39.4 Å². The van der Waals surface area contributed by atoms with Crippen molar-refractivity contribution in [2.75, 3.05) is 0 Å². The van der Waals surface area contributed by atoms with Gasteiger partial charge in [-0.3, -0.25) is 14.9 Å². The smallest absolute Gasteiger partial charge is 0.315 e. The molecule has 82 valence electrons. The molecule has 1 N–H and O–H groups in total. The Labute approximate surface area is 91.9 Å². The topological polar surface area (TPSA) is 80.4 Å². The minimum Gasteiger partial charge on any atom is -0.481 e. The number of rotatable bonds is 2. The second kappa shape index (κ2) is 4.94. The Morgan fingerprint density at radius 3 is 2.81 bits per heavy atom. The van der Waals surface area contributed by atoms with Crippen LogP contribution >= 0.6 is 0 Å². The van der Waals surface area contributed by atoms with Crippen molar-refractivity contribution < 1.29 is 14.8 Å². The number of hydrogen-bond acceptors (Lipinski definition) is 3. The minimum atomic E-state index is -1.02. The van der Waals surface area contributed by atoms with Gasteiger partial charge in [-0.15, -0.1) is 0 Å². The van der Waals surface area contributed by atoms with Crippen molar-refractivity contribution in [2.24, 2.45) is 0 Å². The van der Waals surface area contributed by atoms with Gasteiger partial charge in [0.25, 0.3) is 5.69 Å². The third-order valence-corrected chi connectivity index (χ3v) is 1.89. The predicted molar refractivity (Wildman–Crippen MR) is 57.0 cm³/mol. The van der Waals surface area contributed by atoms with Gasteiger partial charge in [-0.05, 0) is 12.5 Å². The molecule has 1 aromatic rings. The van der Waals surface area contributed by atoms with Gasteiger partial charge in [0.2, 0.25) is 0 Å². The highest BCUT2D eigenvalue weighted by molar-refractivity contribution is 5.70. The Hall–Kier alpha value is -2.35. The van der Waals surface area contributed by atoms with Gasteiger partial charge in [0, 0.05) is 17.7 Å². The Morgan fingerprint density at radius 2 is 2.25 bits per heavy atom. The maximum atomic E-state index is 10.5. The lowest BCUT2D eigenvalue weighted by Crippen LogP contribution is -1.92. The molecule has 1 aromatic carbocycles. The molecule has 0 atom stereocenters. The normalized spacial score (nSPS) is 9.06.